The minimum absolute atomic E-state index is 0.0409. The average Bonchev–Trinajstić information content (AvgIpc) is 3.38. The van der Waals surface area contributed by atoms with Gasteiger partial charge in [0.05, 0.1) is 16.9 Å². The lowest BCUT2D eigenvalue weighted by atomic mass is 10.0. The molecule has 2 aromatic heterocycles. The van der Waals surface area contributed by atoms with Crippen LogP contribution in [0.2, 0.25) is 10.0 Å². The zero-order chi connectivity index (χ0) is 25.1. The largest absolute Gasteiger partial charge is 0.473 e. The third kappa shape index (κ3) is 5.08. The SMILES string of the molecule is Cc1nn(C)c(OCC(=O)c2ccccc2)c1C(=O)c1ccc(Cl)c(COc2ccnn2C)c1Cl. The van der Waals surface area contributed by atoms with Crippen molar-refractivity contribution in [1.82, 2.24) is 19.6 Å². The lowest BCUT2D eigenvalue weighted by molar-refractivity contribution is 0.0908. The summed E-state index contributed by atoms with van der Waals surface area (Å²) in [4.78, 5) is 26.1. The topological polar surface area (TPSA) is 88.2 Å². The van der Waals surface area contributed by atoms with Crippen molar-refractivity contribution >= 4 is 34.8 Å². The van der Waals surface area contributed by atoms with E-state index < -0.39 is 5.78 Å². The molecule has 8 nitrogen and oxygen atoms in total. The Balaban J connectivity index is 1.61. The van der Waals surface area contributed by atoms with Crippen molar-refractivity contribution in [2.24, 2.45) is 14.1 Å². The van der Waals surface area contributed by atoms with Crippen LogP contribution in [0.25, 0.3) is 0 Å². The van der Waals surface area contributed by atoms with Gasteiger partial charge in [0.25, 0.3) is 0 Å². The molecule has 0 spiro atoms. The van der Waals surface area contributed by atoms with Gasteiger partial charge in [-0.25, -0.2) is 9.36 Å². The molecule has 0 aliphatic carbocycles. The van der Waals surface area contributed by atoms with Crippen molar-refractivity contribution in [2.45, 2.75) is 13.5 Å². The summed E-state index contributed by atoms with van der Waals surface area (Å²) in [6.45, 7) is 1.48. The van der Waals surface area contributed by atoms with Crippen LogP contribution in [0.3, 0.4) is 0 Å². The van der Waals surface area contributed by atoms with Gasteiger partial charge in [-0.2, -0.15) is 10.2 Å². The van der Waals surface area contributed by atoms with E-state index in [-0.39, 0.29) is 41.0 Å². The zero-order valence-electron chi connectivity index (χ0n) is 19.3. The smallest absolute Gasteiger partial charge is 0.223 e. The Kier molecular flexibility index (Phi) is 7.23. The van der Waals surface area contributed by atoms with Crippen LogP contribution in [0, 0.1) is 6.92 Å². The van der Waals surface area contributed by atoms with Crippen molar-refractivity contribution in [3.63, 3.8) is 0 Å². The van der Waals surface area contributed by atoms with E-state index in [1.54, 1.807) is 74.4 Å². The quantitative estimate of drug-likeness (QED) is 0.298. The molecule has 0 saturated carbocycles. The Labute approximate surface area is 212 Å². The molecule has 0 saturated heterocycles. The minimum atomic E-state index is -0.402. The molecular weight excluding hydrogens is 491 g/mol. The fourth-order valence-electron chi connectivity index (χ4n) is 3.59. The summed E-state index contributed by atoms with van der Waals surface area (Å²) in [7, 11) is 3.39. The molecular formula is C25H22Cl2N4O4. The number of hydrogen-bond donors (Lipinski definition) is 0. The Hall–Kier alpha value is -3.62. The molecule has 0 atom stereocenters. The zero-order valence-corrected chi connectivity index (χ0v) is 20.8. The highest BCUT2D eigenvalue weighted by atomic mass is 35.5. The summed E-state index contributed by atoms with van der Waals surface area (Å²) >= 11 is 13.0. The molecule has 2 aromatic carbocycles. The van der Waals surface area contributed by atoms with Crippen molar-refractivity contribution in [3.8, 4) is 11.8 Å². The highest BCUT2D eigenvalue weighted by Gasteiger charge is 2.27. The van der Waals surface area contributed by atoms with Crippen LogP contribution in [0.15, 0.2) is 54.7 Å². The molecule has 0 aliphatic rings. The highest BCUT2D eigenvalue weighted by molar-refractivity contribution is 6.39. The van der Waals surface area contributed by atoms with Crippen molar-refractivity contribution < 1.29 is 19.1 Å². The van der Waals surface area contributed by atoms with E-state index in [1.807, 2.05) is 6.07 Å². The van der Waals surface area contributed by atoms with Crippen LogP contribution in [-0.4, -0.2) is 37.7 Å². The van der Waals surface area contributed by atoms with Gasteiger partial charge in [-0.05, 0) is 19.1 Å². The van der Waals surface area contributed by atoms with E-state index >= 15 is 0 Å². The first-order valence-electron chi connectivity index (χ1n) is 10.6. The third-order valence-corrected chi connectivity index (χ3v) is 6.19. The highest BCUT2D eigenvalue weighted by Crippen LogP contribution is 2.33. The number of aryl methyl sites for hydroxylation is 3. The van der Waals surface area contributed by atoms with Crippen LogP contribution in [0.5, 0.6) is 11.8 Å². The number of rotatable bonds is 9. The molecule has 0 N–H and O–H groups in total. The predicted octanol–water partition coefficient (Wildman–Crippen LogP) is 4.84. The molecule has 4 aromatic rings. The molecule has 4 rings (SSSR count). The molecule has 0 bridgehead atoms. The van der Waals surface area contributed by atoms with Crippen LogP contribution in [-0.2, 0) is 20.7 Å². The summed E-state index contributed by atoms with van der Waals surface area (Å²) in [5.74, 6) is 0.0782. The van der Waals surface area contributed by atoms with Gasteiger partial charge in [-0.3, -0.25) is 9.59 Å². The second kappa shape index (κ2) is 10.3. The number of halogens is 2. The van der Waals surface area contributed by atoms with E-state index in [0.717, 1.165) is 0 Å². The van der Waals surface area contributed by atoms with Gasteiger partial charge in [0, 0.05) is 41.9 Å². The Morgan fingerprint density at radius 3 is 2.40 bits per heavy atom. The number of hydrogen-bond acceptors (Lipinski definition) is 6. The lowest BCUT2D eigenvalue weighted by Crippen LogP contribution is -2.15. The van der Waals surface area contributed by atoms with E-state index in [4.69, 9.17) is 32.7 Å². The molecule has 0 fully saturated rings. The van der Waals surface area contributed by atoms with Crippen LogP contribution >= 0.6 is 23.2 Å². The van der Waals surface area contributed by atoms with Crippen molar-refractivity contribution in [3.05, 3.63) is 92.7 Å². The summed E-state index contributed by atoms with van der Waals surface area (Å²) in [5.41, 5.74) is 1.85. The normalized spacial score (nSPS) is 10.9. The number of Topliss-reactive ketones (excluding diaryl/α,β-unsaturated/α-hetero) is 1. The standard InChI is InChI=1S/C25H22Cl2N4O4/c1-15-22(25(31(3)29-15)35-14-20(32)16-7-5-4-6-8-16)24(33)17-9-10-19(26)18(23(17)27)13-34-21-11-12-28-30(21)2/h4-12H,13-14H2,1-3H3. The summed E-state index contributed by atoms with van der Waals surface area (Å²) < 4.78 is 14.5. The van der Waals surface area contributed by atoms with E-state index in [1.165, 1.54) is 4.68 Å². The van der Waals surface area contributed by atoms with Crippen molar-refractivity contribution in [1.29, 1.82) is 0 Å². The minimum Gasteiger partial charge on any atom is -0.473 e. The second-order valence-corrected chi connectivity index (χ2v) is 8.55. The number of benzene rings is 2. The van der Waals surface area contributed by atoms with Crippen molar-refractivity contribution in [2.75, 3.05) is 6.61 Å². The number of ether oxygens (including phenoxy) is 2. The predicted molar refractivity (Wildman–Crippen MR) is 132 cm³/mol. The summed E-state index contributed by atoms with van der Waals surface area (Å²) in [5, 5.41) is 8.90. The molecule has 0 aliphatic heterocycles. The van der Waals surface area contributed by atoms with Gasteiger partial charge >= 0.3 is 0 Å². The van der Waals surface area contributed by atoms with Gasteiger partial charge in [-0.1, -0.05) is 53.5 Å². The van der Waals surface area contributed by atoms with Gasteiger partial charge in [0.15, 0.2) is 12.4 Å². The Bertz CT molecular complexity index is 1400. The molecule has 2 heterocycles. The first-order chi connectivity index (χ1) is 16.8. The summed E-state index contributed by atoms with van der Waals surface area (Å²) in [6.07, 6.45) is 1.60. The van der Waals surface area contributed by atoms with Gasteiger partial charge < -0.3 is 9.47 Å². The number of carbonyl (C=O) groups is 2. The fraction of sp³-hybridized carbons (Fsp3) is 0.200. The Morgan fingerprint density at radius 2 is 1.71 bits per heavy atom. The molecule has 10 heteroatoms. The first-order valence-corrected chi connectivity index (χ1v) is 11.4. The van der Waals surface area contributed by atoms with Gasteiger partial charge in [0.1, 0.15) is 12.2 Å². The maximum absolute atomic E-state index is 13.6. The van der Waals surface area contributed by atoms with Gasteiger partial charge in [0.2, 0.25) is 17.5 Å². The average molecular weight is 513 g/mol. The fourth-order valence-corrected chi connectivity index (χ4v) is 4.16. The number of carbonyl (C=O) groups excluding carboxylic acids is 2. The number of ketones is 2. The lowest BCUT2D eigenvalue weighted by Gasteiger charge is -2.13. The number of aromatic nitrogens is 4. The van der Waals surface area contributed by atoms with Crippen LogP contribution < -0.4 is 9.47 Å². The maximum Gasteiger partial charge on any atom is 0.223 e. The van der Waals surface area contributed by atoms with Crippen LogP contribution in [0.4, 0.5) is 0 Å². The number of nitrogens with zero attached hydrogens (tertiary/aromatic N) is 4. The molecule has 180 valence electrons. The molecule has 0 amide bonds. The maximum atomic E-state index is 13.6. The molecule has 0 radical (unpaired) electrons. The first kappa shape index (κ1) is 24.5. The third-order valence-electron chi connectivity index (χ3n) is 5.40. The molecule has 35 heavy (non-hydrogen) atoms. The van der Waals surface area contributed by atoms with E-state index in [9.17, 15) is 9.59 Å². The van der Waals surface area contributed by atoms with E-state index in [2.05, 4.69) is 10.2 Å². The Morgan fingerprint density at radius 1 is 0.971 bits per heavy atom. The summed E-state index contributed by atoms with van der Waals surface area (Å²) in [6, 6.07) is 13.6. The molecule has 0 unspecified atom stereocenters. The second-order valence-electron chi connectivity index (χ2n) is 7.77. The van der Waals surface area contributed by atoms with E-state index in [0.29, 0.717) is 27.7 Å². The monoisotopic (exact) mass is 512 g/mol. The van der Waals surface area contributed by atoms with Gasteiger partial charge in [-0.15, -0.1) is 0 Å². The van der Waals surface area contributed by atoms with Crippen LogP contribution in [0.1, 0.15) is 37.5 Å².